The molecule has 88 valence electrons. The van der Waals surface area contributed by atoms with Crippen LogP contribution in [0.4, 0.5) is 0 Å². The molecule has 1 unspecified atom stereocenters. The van der Waals surface area contributed by atoms with Gasteiger partial charge in [0.1, 0.15) is 0 Å². The molecule has 0 aromatic carbocycles. The molecule has 0 saturated carbocycles. The van der Waals surface area contributed by atoms with E-state index in [-0.39, 0.29) is 18.0 Å². The highest BCUT2D eigenvalue weighted by Gasteiger charge is 2.27. The van der Waals surface area contributed by atoms with Crippen LogP contribution in [0.15, 0.2) is 0 Å². The lowest BCUT2D eigenvalue weighted by Crippen LogP contribution is -2.53. The maximum atomic E-state index is 12.0. The molecule has 1 heterocycles. The lowest BCUT2D eigenvalue weighted by Gasteiger charge is -2.35. The number of nitrogens with zero attached hydrogens (tertiary/aromatic N) is 1. The van der Waals surface area contributed by atoms with E-state index in [4.69, 9.17) is 10.5 Å². The van der Waals surface area contributed by atoms with E-state index < -0.39 is 0 Å². The second kappa shape index (κ2) is 6.35. The molecule has 0 aromatic heterocycles. The average molecular weight is 232 g/mol. The third kappa shape index (κ3) is 3.66. The first-order chi connectivity index (χ1) is 7.16. The fraction of sp³-hybridized carbons (Fsp3) is 0.900. The summed E-state index contributed by atoms with van der Waals surface area (Å²) >= 11 is 1.72. The first kappa shape index (κ1) is 12.8. The van der Waals surface area contributed by atoms with Gasteiger partial charge in [-0.25, -0.2) is 0 Å². The number of carbonyl (C=O) groups is 1. The predicted octanol–water partition coefficient (Wildman–Crippen LogP) is 0.314. The highest BCUT2D eigenvalue weighted by Crippen LogP contribution is 2.09. The van der Waals surface area contributed by atoms with Gasteiger partial charge in [0.05, 0.1) is 25.3 Å². The molecule has 1 amide bonds. The van der Waals surface area contributed by atoms with E-state index in [9.17, 15) is 4.79 Å². The van der Waals surface area contributed by atoms with Gasteiger partial charge in [-0.2, -0.15) is 11.8 Å². The van der Waals surface area contributed by atoms with Gasteiger partial charge in [0, 0.05) is 6.54 Å². The summed E-state index contributed by atoms with van der Waals surface area (Å²) in [5, 5.41) is 0. The maximum absolute atomic E-state index is 12.0. The summed E-state index contributed by atoms with van der Waals surface area (Å²) < 4.78 is 5.28. The SMILES string of the molecule is CSCC[C@H](N)C(=O)N1CCOCC1C. The Balaban J connectivity index is 2.43. The zero-order chi connectivity index (χ0) is 11.3. The van der Waals surface area contributed by atoms with Crippen LogP contribution in [-0.2, 0) is 9.53 Å². The lowest BCUT2D eigenvalue weighted by molar-refractivity contribution is -0.140. The molecule has 4 nitrogen and oxygen atoms in total. The summed E-state index contributed by atoms with van der Waals surface area (Å²) in [5.41, 5.74) is 5.85. The first-order valence-electron chi connectivity index (χ1n) is 5.29. The van der Waals surface area contributed by atoms with Crippen molar-refractivity contribution in [2.24, 2.45) is 5.73 Å². The molecular formula is C10H20N2O2S. The molecule has 5 heteroatoms. The Morgan fingerprint density at radius 2 is 2.47 bits per heavy atom. The minimum Gasteiger partial charge on any atom is -0.377 e. The van der Waals surface area contributed by atoms with Crippen molar-refractivity contribution in [2.75, 3.05) is 31.8 Å². The minimum atomic E-state index is -0.349. The Labute approximate surface area is 95.5 Å². The number of carbonyl (C=O) groups excluding carboxylic acids is 1. The van der Waals surface area contributed by atoms with Crippen molar-refractivity contribution in [2.45, 2.75) is 25.4 Å². The average Bonchev–Trinajstić information content (AvgIpc) is 2.25. The van der Waals surface area contributed by atoms with Crippen molar-refractivity contribution < 1.29 is 9.53 Å². The summed E-state index contributed by atoms with van der Waals surface area (Å²) in [6.45, 7) is 3.93. The van der Waals surface area contributed by atoms with E-state index in [1.54, 1.807) is 11.8 Å². The van der Waals surface area contributed by atoms with Crippen molar-refractivity contribution >= 4 is 17.7 Å². The van der Waals surface area contributed by atoms with E-state index in [1.807, 2.05) is 18.1 Å². The minimum absolute atomic E-state index is 0.0693. The van der Waals surface area contributed by atoms with Gasteiger partial charge in [0.15, 0.2) is 0 Å². The first-order valence-corrected chi connectivity index (χ1v) is 6.69. The van der Waals surface area contributed by atoms with E-state index in [2.05, 4.69) is 0 Å². The van der Waals surface area contributed by atoms with Gasteiger partial charge in [-0.3, -0.25) is 4.79 Å². The van der Waals surface area contributed by atoms with Crippen LogP contribution >= 0.6 is 11.8 Å². The van der Waals surface area contributed by atoms with Crippen LogP contribution in [0, 0.1) is 0 Å². The molecule has 0 bridgehead atoms. The van der Waals surface area contributed by atoms with E-state index >= 15 is 0 Å². The summed E-state index contributed by atoms with van der Waals surface area (Å²) in [4.78, 5) is 13.8. The normalized spacial score (nSPS) is 23.9. The molecule has 1 saturated heterocycles. The molecule has 0 radical (unpaired) electrons. The molecule has 2 atom stereocenters. The quantitative estimate of drug-likeness (QED) is 0.758. The highest BCUT2D eigenvalue weighted by molar-refractivity contribution is 7.98. The second-order valence-corrected chi connectivity index (χ2v) is 4.83. The van der Waals surface area contributed by atoms with E-state index in [1.165, 1.54) is 0 Å². The van der Waals surface area contributed by atoms with Crippen molar-refractivity contribution in [1.82, 2.24) is 4.90 Å². The van der Waals surface area contributed by atoms with Crippen molar-refractivity contribution in [1.29, 1.82) is 0 Å². The fourth-order valence-corrected chi connectivity index (χ4v) is 2.13. The van der Waals surface area contributed by atoms with Crippen LogP contribution in [0.1, 0.15) is 13.3 Å². The molecule has 1 fully saturated rings. The number of amides is 1. The van der Waals surface area contributed by atoms with Crippen molar-refractivity contribution in [3.8, 4) is 0 Å². The summed E-state index contributed by atoms with van der Waals surface area (Å²) in [6, 6.07) is -0.190. The van der Waals surface area contributed by atoms with Crippen LogP contribution in [0.3, 0.4) is 0 Å². The molecule has 2 N–H and O–H groups in total. The smallest absolute Gasteiger partial charge is 0.239 e. The summed E-state index contributed by atoms with van der Waals surface area (Å²) in [5.74, 6) is 1.01. The van der Waals surface area contributed by atoms with E-state index in [0.717, 1.165) is 12.2 Å². The maximum Gasteiger partial charge on any atom is 0.239 e. The molecular weight excluding hydrogens is 212 g/mol. The molecule has 1 aliphatic rings. The Morgan fingerprint density at radius 3 is 3.07 bits per heavy atom. The Morgan fingerprint density at radius 1 is 1.73 bits per heavy atom. The number of thioether (sulfide) groups is 1. The standard InChI is InChI=1S/C10H20N2O2S/c1-8-7-14-5-4-12(8)10(13)9(11)3-6-15-2/h8-9H,3-7,11H2,1-2H3/t8?,9-/m0/s1. The van der Waals surface area contributed by atoms with Gasteiger partial charge in [0.2, 0.25) is 5.91 Å². The highest BCUT2D eigenvalue weighted by atomic mass is 32.2. The molecule has 0 aliphatic carbocycles. The van der Waals surface area contributed by atoms with Crippen LogP contribution in [-0.4, -0.2) is 54.7 Å². The number of morpholine rings is 1. The Kier molecular flexibility index (Phi) is 5.42. The van der Waals surface area contributed by atoms with Crippen LogP contribution in [0.2, 0.25) is 0 Å². The van der Waals surface area contributed by atoms with Gasteiger partial charge >= 0.3 is 0 Å². The largest absolute Gasteiger partial charge is 0.377 e. The van der Waals surface area contributed by atoms with Gasteiger partial charge in [-0.05, 0) is 25.4 Å². The summed E-state index contributed by atoms with van der Waals surface area (Å²) in [7, 11) is 0. The summed E-state index contributed by atoms with van der Waals surface area (Å²) in [6.07, 6.45) is 2.78. The molecule has 0 spiro atoms. The van der Waals surface area contributed by atoms with Crippen molar-refractivity contribution in [3.63, 3.8) is 0 Å². The number of hydrogen-bond donors (Lipinski definition) is 1. The Hall–Kier alpha value is -0.260. The monoisotopic (exact) mass is 232 g/mol. The van der Waals surface area contributed by atoms with Crippen molar-refractivity contribution in [3.05, 3.63) is 0 Å². The zero-order valence-corrected chi connectivity index (χ0v) is 10.3. The Bertz CT molecular complexity index is 214. The van der Waals surface area contributed by atoms with Gasteiger partial charge in [-0.15, -0.1) is 0 Å². The molecule has 1 aliphatic heterocycles. The van der Waals surface area contributed by atoms with Crippen LogP contribution < -0.4 is 5.73 Å². The zero-order valence-electron chi connectivity index (χ0n) is 9.44. The van der Waals surface area contributed by atoms with Gasteiger partial charge < -0.3 is 15.4 Å². The predicted molar refractivity (Wildman–Crippen MR) is 63.0 cm³/mol. The second-order valence-electron chi connectivity index (χ2n) is 3.84. The fourth-order valence-electron chi connectivity index (χ4n) is 1.64. The van der Waals surface area contributed by atoms with Crippen LogP contribution in [0.5, 0.6) is 0 Å². The van der Waals surface area contributed by atoms with Gasteiger partial charge in [0.25, 0.3) is 0 Å². The molecule has 15 heavy (non-hydrogen) atoms. The topological polar surface area (TPSA) is 55.6 Å². The van der Waals surface area contributed by atoms with Crippen LogP contribution in [0.25, 0.3) is 0 Å². The third-order valence-electron chi connectivity index (χ3n) is 2.60. The number of rotatable bonds is 4. The number of hydrogen-bond acceptors (Lipinski definition) is 4. The molecule has 0 aromatic rings. The van der Waals surface area contributed by atoms with E-state index in [0.29, 0.717) is 19.8 Å². The third-order valence-corrected chi connectivity index (χ3v) is 3.24. The number of nitrogens with two attached hydrogens (primary N) is 1. The number of ether oxygens (including phenoxy) is 1. The lowest BCUT2D eigenvalue weighted by atomic mass is 10.1. The van der Waals surface area contributed by atoms with Gasteiger partial charge in [-0.1, -0.05) is 0 Å². The molecule has 1 rings (SSSR count).